The van der Waals surface area contributed by atoms with Crippen LogP contribution in [0, 0.1) is 0 Å². The first-order chi connectivity index (χ1) is 16.4. The number of aromatic nitrogens is 1. The van der Waals surface area contributed by atoms with Crippen LogP contribution in [0.1, 0.15) is 29.8 Å². The highest BCUT2D eigenvalue weighted by Crippen LogP contribution is 2.39. The van der Waals surface area contributed by atoms with E-state index in [0.29, 0.717) is 45.0 Å². The molecule has 0 bridgehead atoms. The number of nitrogen functional groups attached to an aromatic ring is 1. The first-order valence-corrected chi connectivity index (χ1v) is 12.9. The van der Waals surface area contributed by atoms with Gasteiger partial charge in [-0.05, 0) is 54.8 Å². The summed E-state index contributed by atoms with van der Waals surface area (Å²) in [4.78, 5) is 18.2. The van der Waals surface area contributed by atoms with Gasteiger partial charge < -0.3 is 20.2 Å². The minimum absolute atomic E-state index is 0.223. The SMILES string of the molecule is CCOC(=O)N1CCc2c([nH]c3ccc(N)cc23)C1c1ccc(S(=O)(=O)N2CCOCC2)cc1. The number of fused-ring (bicyclic) bond motifs is 3. The van der Waals surface area contributed by atoms with Gasteiger partial charge in [-0.25, -0.2) is 13.2 Å². The molecule has 1 fully saturated rings. The molecule has 10 heteroatoms. The number of morpholine rings is 1. The maximum Gasteiger partial charge on any atom is 0.410 e. The lowest BCUT2D eigenvalue weighted by Gasteiger charge is -2.35. The van der Waals surface area contributed by atoms with Crippen molar-refractivity contribution in [3.63, 3.8) is 0 Å². The molecule has 5 rings (SSSR count). The molecule has 0 radical (unpaired) electrons. The standard InChI is InChI=1S/C24H28N4O5S/c1-2-33-24(29)28-10-9-19-20-15-17(25)5-8-21(20)26-22(19)23(28)16-3-6-18(7-4-16)34(30,31)27-11-13-32-14-12-27/h3-8,15,23,26H,2,9-14,25H2,1H3. The van der Waals surface area contributed by atoms with Gasteiger partial charge in [0.25, 0.3) is 0 Å². The minimum atomic E-state index is -3.61. The first-order valence-electron chi connectivity index (χ1n) is 11.4. The number of carbonyl (C=O) groups is 1. The zero-order chi connectivity index (χ0) is 23.9. The topological polar surface area (TPSA) is 118 Å². The Hall–Kier alpha value is -3.08. The molecule has 0 aliphatic carbocycles. The monoisotopic (exact) mass is 484 g/mol. The van der Waals surface area contributed by atoms with Crippen molar-refractivity contribution in [2.45, 2.75) is 24.3 Å². The number of anilines is 1. The summed E-state index contributed by atoms with van der Waals surface area (Å²) in [6.07, 6.45) is 0.263. The van der Waals surface area contributed by atoms with Crippen LogP contribution in [0.15, 0.2) is 47.4 Å². The van der Waals surface area contributed by atoms with E-state index in [0.717, 1.165) is 27.7 Å². The smallest absolute Gasteiger partial charge is 0.410 e. The molecule has 0 spiro atoms. The van der Waals surface area contributed by atoms with Gasteiger partial charge in [-0.2, -0.15) is 4.31 Å². The average Bonchev–Trinajstić information content (AvgIpc) is 3.22. The summed E-state index contributed by atoms with van der Waals surface area (Å²) in [7, 11) is -3.61. The Morgan fingerprint density at radius 3 is 2.59 bits per heavy atom. The van der Waals surface area contributed by atoms with Gasteiger partial charge in [0.1, 0.15) is 6.04 Å². The number of carbonyl (C=O) groups excluding carboxylic acids is 1. The van der Waals surface area contributed by atoms with Crippen LogP contribution < -0.4 is 5.73 Å². The Balaban J connectivity index is 1.55. The number of amides is 1. The molecule has 1 atom stereocenters. The van der Waals surface area contributed by atoms with Crippen LogP contribution in [0.25, 0.3) is 10.9 Å². The van der Waals surface area contributed by atoms with Gasteiger partial charge in [-0.15, -0.1) is 0 Å². The van der Waals surface area contributed by atoms with Crippen molar-refractivity contribution in [2.24, 2.45) is 0 Å². The molecule has 180 valence electrons. The Morgan fingerprint density at radius 1 is 1.15 bits per heavy atom. The Kier molecular flexibility index (Phi) is 5.97. The van der Waals surface area contributed by atoms with Gasteiger partial charge in [0.15, 0.2) is 0 Å². The summed E-state index contributed by atoms with van der Waals surface area (Å²) in [5.74, 6) is 0. The summed E-state index contributed by atoms with van der Waals surface area (Å²) in [6.45, 7) is 3.99. The Morgan fingerprint density at radius 2 is 1.88 bits per heavy atom. The molecule has 3 N–H and O–H groups in total. The van der Waals surface area contributed by atoms with Crippen LogP contribution in [0.3, 0.4) is 0 Å². The molecule has 1 unspecified atom stereocenters. The predicted octanol–water partition coefficient (Wildman–Crippen LogP) is 2.88. The van der Waals surface area contributed by atoms with E-state index in [9.17, 15) is 13.2 Å². The fourth-order valence-electron chi connectivity index (χ4n) is 4.81. The number of sulfonamides is 1. The number of aromatic amines is 1. The third-order valence-electron chi connectivity index (χ3n) is 6.46. The zero-order valence-electron chi connectivity index (χ0n) is 19.0. The number of ether oxygens (including phenoxy) is 2. The van der Waals surface area contributed by atoms with E-state index in [4.69, 9.17) is 15.2 Å². The molecule has 1 aromatic heterocycles. The van der Waals surface area contributed by atoms with E-state index in [2.05, 4.69) is 4.98 Å². The van der Waals surface area contributed by atoms with E-state index >= 15 is 0 Å². The van der Waals surface area contributed by atoms with Crippen LogP contribution in [0.2, 0.25) is 0 Å². The van der Waals surface area contributed by atoms with Crippen LogP contribution in [-0.2, 0) is 25.9 Å². The highest BCUT2D eigenvalue weighted by Gasteiger charge is 2.36. The van der Waals surface area contributed by atoms with Gasteiger partial charge in [0, 0.05) is 41.9 Å². The molecular weight excluding hydrogens is 456 g/mol. The van der Waals surface area contributed by atoms with E-state index in [1.54, 1.807) is 36.1 Å². The lowest BCUT2D eigenvalue weighted by molar-refractivity contribution is 0.0730. The van der Waals surface area contributed by atoms with Crippen LogP contribution in [-0.4, -0.2) is 68.2 Å². The fourth-order valence-corrected chi connectivity index (χ4v) is 6.22. The third kappa shape index (κ3) is 3.91. The summed E-state index contributed by atoms with van der Waals surface area (Å²) in [6, 6.07) is 12.1. The van der Waals surface area contributed by atoms with Gasteiger partial charge >= 0.3 is 6.09 Å². The zero-order valence-corrected chi connectivity index (χ0v) is 19.8. The van der Waals surface area contributed by atoms with Crippen LogP contribution >= 0.6 is 0 Å². The van der Waals surface area contributed by atoms with Gasteiger partial charge in [0.05, 0.1) is 24.7 Å². The first kappa shape index (κ1) is 22.7. The normalized spacial score (nSPS) is 19.2. The van der Waals surface area contributed by atoms with Crippen molar-refractivity contribution < 1.29 is 22.7 Å². The van der Waals surface area contributed by atoms with E-state index in [1.165, 1.54) is 4.31 Å². The molecule has 2 aliphatic heterocycles. The van der Waals surface area contributed by atoms with Crippen molar-refractivity contribution in [3.8, 4) is 0 Å². The van der Waals surface area contributed by atoms with Crippen molar-refractivity contribution in [1.82, 2.24) is 14.2 Å². The van der Waals surface area contributed by atoms with Gasteiger partial charge in [-0.3, -0.25) is 4.90 Å². The lowest BCUT2D eigenvalue weighted by Crippen LogP contribution is -2.41. The number of hydrogen-bond donors (Lipinski definition) is 2. The molecule has 1 saturated heterocycles. The van der Waals surface area contributed by atoms with Crippen LogP contribution in [0.4, 0.5) is 10.5 Å². The molecule has 9 nitrogen and oxygen atoms in total. The fraction of sp³-hybridized carbons (Fsp3) is 0.375. The van der Waals surface area contributed by atoms with Crippen molar-refractivity contribution in [1.29, 1.82) is 0 Å². The largest absolute Gasteiger partial charge is 0.450 e. The second-order valence-corrected chi connectivity index (χ2v) is 10.4. The number of nitrogens with one attached hydrogen (secondary N) is 1. The Labute approximate surface area is 198 Å². The number of H-pyrrole nitrogens is 1. The molecule has 3 heterocycles. The van der Waals surface area contributed by atoms with Crippen LogP contribution in [0.5, 0.6) is 0 Å². The molecule has 0 saturated carbocycles. The van der Waals surface area contributed by atoms with E-state index in [1.807, 2.05) is 18.2 Å². The molecule has 2 aliphatic rings. The number of benzene rings is 2. The number of rotatable bonds is 4. The molecule has 1 amide bonds. The number of nitrogens with two attached hydrogens (primary N) is 1. The number of nitrogens with zero attached hydrogens (tertiary/aromatic N) is 2. The van der Waals surface area contributed by atoms with Crippen molar-refractivity contribution in [2.75, 3.05) is 45.2 Å². The second-order valence-electron chi connectivity index (χ2n) is 8.45. The summed E-state index contributed by atoms with van der Waals surface area (Å²) in [5.41, 5.74) is 10.5. The minimum Gasteiger partial charge on any atom is -0.450 e. The maximum atomic E-state index is 13.0. The summed E-state index contributed by atoms with van der Waals surface area (Å²) < 4.78 is 38.2. The average molecular weight is 485 g/mol. The summed E-state index contributed by atoms with van der Waals surface area (Å²) >= 11 is 0. The second kappa shape index (κ2) is 8.94. The highest BCUT2D eigenvalue weighted by molar-refractivity contribution is 7.89. The predicted molar refractivity (Wildman–Crippen MR) is 128 cm³/mol. The van der Waals surface area contributed by atoms with Crippen molar-refractivity contribution >= 4 is 32.7 Å². The van der Waals surface area contributed by atoms with Gasteiger partial charge in [0.2, 0.25) is 10.0 Å². The molecule has 2 aromatic carbocycles. The third-order valence-corrected chi connectivity index (χ3v) is 8.37. The molecule has 3 aromatic rings. The molecule has 34 heavy (non-hydrogen) atoms. The quantitative estimate of drug-likeness (QED) is 0.550. The number of hydrogen-bond acceptors (Lipinski definition) is 6. The molecular formula is C24H28N4O5S. The summed E-state index contributed by atoms with van der Waals surface area (Å²) in [5, 5.41) is 1.04. The van der Waals surface area contributed by atoms with E-state index in [-0.39, 0.29) is 11.5 Å². The Bertz CT molecular complexity index is 1310. The maximum absolute atomic E-state index is 13.0. The van der Waals surface area contributed by atoms with Crippen molar-refractivity contribution in [3.05, 3.63) is 59.3 Å². The highest BCUT2D eigenvalue weighted by atomic mass is 32.2. The van der Waals surface area contributed by atoms with E-state index < -0.39 is 22.2 Å². The lowest BCUT2D eigenvalue weighted by atomic mass is 9.92. The van der Waals surface area contributed by atoms with Gasteiger partial charge in [-0.1, -0.05) is 12.1 Å².